The molecule has 2 rings (SSSR count). The van der Waals surface area contributed by atoms with E-state index in [0.717, 1.165) is 0 Å². The van der Waals surface area contributed by atoms with Crippen LogP contribution in [0.15, 0.2) is 35.3 Å². The van der Waals surface area contributed by atoms with Gasteiger partial charge in [0.1, 0.15) is 11.3 Å². The Kier molecular flexibility index (Phi) is 2.68. The van der Waals surface area contributed by atoms with Crippen molar-refractivity contribution in [3.8, 4) is 0 Å². The number of carbonyl (C=O) groups excluding carboxylic acids is 1. The molecule has 0 spiro atoms. The van der Waals surface area contributed by atoms with Crippen molar-refractivity contribution in [2.24, 2.45) is 0 Å². The Hall–Kier alpha value is -2.17. The molecule has 0 aliphatic rings. The van der Waals surface area contributed by atoms with E-state index in [1.54, 1.807) is 31.3 Å². The summed E-state index contributed by atoms with van der Waals surface area (Å²) in [6, 6.07) is 6.33. The summed E-state index contributed by atoms with van der Waals surface area (Å²) >= 11 is 0. The fourth-order valence-corrected chi connectivity index (χ4v) is 1.42. The smallest absolute Gasteiger partial charge is 0.355 e. The molecule has 2 heterocycles. The van der Waals surface area contributed by atoms with Crippen LogP contribution in [0.1, 0.15) is 17.4 Å². The molecule has 0 aliphatic heterocycles. The van der Waals surface area contributed by atoms with Crippen LogP contribution < -0.4 is 5.56 Å². The van der Waals surface area contributed by atoms with Gasteiger partial charge >= 0.3 is 5.97 Å². The van der Waals surface area contributed by atoms with E-state index in [1.165, 1.54) is 10.5 Å². The molecule has 0 N–H and O–H groups in total. The lowest BCUT2D eigenvalue weighted by atomic mass is 10.3. The summed E-state index contributed by atoms with van der Waals surface area (Å²) < 4.78 is 6.39. The minimum absolute atomic E-state index is 0.192. The van der Waals surface area contributed by atoms with Gasteiger partial charge in [-0.05, 0) is 19.1 Å². The predicted molar refractivity (Wildman–Crippen MR) is 57.4 cm³/mol. The van der Waals surface area contributed by atoms with Gasteiger partial charge in [-0.2, -0.15) is 4.98 Å². The van der Waals surface area contributed by atoms with Crippen LogP contribution in [-0.2, 0) is 4.74 Å². The molecule has 2 aromatic heterocycles. The molecular weight excluding hydrogens is 208 g/mol. The summed E-state index contributed by atoms with van der Waals surface area (Å²) in [5.41, 5.74) is 0.171. The summed E-state index contributed by atoms with van der Waals surface area (Å²) in [4.78, 5) is 26.7. The van der Waals surface area contributed by atoms with E-state index in [2.05, 4.69) is 4.98 Å². The van der Waals surface area contributed by atoms with Crippen molar-refractivity contribution in [1.82, 2.24) is 9.38 Å². The molecule has 0 aliphatic carbocycles. The highest BCUT2D eigenvalue weighted by atomic mass is 16.5. The van der Waals surface area contributed by atoms with Crippen LogP contribution in [0.5, 0.6) is 0 Å². The normalized spacial score (nSPS) is 10.3. The first kappa shape index (κ1) is 10.4. The van der Waals surface area contributed by atoms with Gasteiger partial charge in [0, 0.05) is 12.3 Å². The second-order valence-electron chi connectivity index (χ2n) is 3.13. The molecule has 5 nitrogen and oxygen atoms in total. The number of rotatable bonds is 2. The summed E-state index contributed by atoms with van der Waals surface area (Å²) in [5.74, 6) is -0.525. The molecule has 82 valence electrons. The lowest BCUT2D eigenvalue weighted by Gasteiger charge is -2.06. The topological polar surface area (TPSA) is 60.7 Å². The van der Waals surface area contributed by atoms with Crippen LogP contribution in [0, 0.1) is 0 Å². The van der Waals surface area contributed by atoms with Gasteiger partial charge in [-0.15, -0.1) is 0 Å². The number of aromatic nitrogens is 2. The Morgan fingerprint density at radius 3 is 3.06 bits per heavy atom. The van der Waals surface area contributed by atoms with Gasteiger partial charge in [-0.1, -0.05) is 6.07 Å². The Bertz CT molecular complexity index is 589. The van der Waals surface area contributed by atoms with Crippen LogP contribution >= 0.6 is 0 Å². The lowest BCUT2D eigenvalue weighted by Crippen LogP contribution is -2.17. The third-order valence-electron chi connectivity index (χ3n) is 2.07. The van der Waals surface area contributed by atoms with Gasteiger partial charge in [0.05, 0.1) is 6.61 Å². The number of carbonyl (C=O) groups is 1. The summed E-state index contributed by atoms with van der Waals surface area (Å²) in [6.45, 7) is 1.98. The molecule has 5 heteroatoms. The van der Waals surface area contributed by atoms with Crippen LogP contribution in [0.3, 0.4) is 0 Å². The molecular formula is C11H10N2O3. The molecule has 2 aromatic rings. The van der Waals surface area contributed by atoms with Crippen LogP contribution in [0.4, 0.5) is 0 Å². The Labute approximate surface area is 91.3 Å². The SMILES string of the molecule is CCOC(=O)c1cc(=O)nc2ccccn12. The van der Waals surface area contributed by atoms with E-state index < -0.39 is 11.5 Å². The largest absolute Gasteiger partial charge is 0.461 e. The number of hydrogen-bond acceptors (Lipinski definition) is 4. The molecule has 0 atom stereocenters. The van der Waals surface area contributed by atoms with Gasteiger partial charge < -0.3 is 4.74 Å². The first-order chi connectivity index (χ1) is 7.72. The lowest BCUT2D eigenvalue weighted by molar-refractivity contribution is 0.0517. The fraction of sp³-hybridized carbons (Fsp3) is 0.182. The summed E-state index contributed by atoms with van der Waals surface area (Å²) in [6.07, 6.45) is 1.66. The van der Waals surface area contributed by atoms with Crippen molar-refractivity contribution in [1.29, 1.82) is 0 Å². The van der Waals surface area contributed by atoms with Crippen molar-refractivity contribution in [2.45, 2.75) is 6.92 Å². The highest BCUT2D eigenvalue weighted by Gasteiger charge is 2.11. The van der Waals surface area contributed by atoms with Crippen molar-refractivity contribution >= 4 is 11.6 Å². The number of pyridine rings is 1. The molecule has 0 amide bonds. The van der Waals surface area contributed by atoms with Crippen molar-refractivity contribution < 1.29 is 9.53 Å². The number of esters is 1. The number of fused-ring (bicyclic) bond motifs is 1. The van der Waals surface area contributed by atoms with Gasteiger partial charge in [-0.3, -0.25) is 9.20 Å². The molecule has 0 fully saturated rings. The maximum atomic E-state index is 11.6. The third kappa shape index (κ3) is 1.79. The van der Waals surface area contributed by atoms with Gasteiger partial charge in [0.15, 0.2) is 0 Å². The predicted octanol–water partition coefficient (Wildman–Crippen LogP) is 0.871. The molecule has 0 radical (unpaired) electrons. The average molecular weight is 218 g/mol. The van der Waals surface area contributed by atoms with E-state index in [4.69, 9.17) is 4.74 Å². The highest BCUT2D eigenvalue weighted by Crippen LogP contribution is 2.03. The fourth-order valence-electron chi connectivity index (χ4n) is 1.42. The molecule has 0 saturated heterocycles. The van der Waals surface area contributed by atoms with Gasteiger partial charge in [0.2, 0.25) is 0 Å². The zero-order valence-corrected chi connectivity index (χ0v) is 8.71. The van der Waals surface area contributed by atoms with Crippen LogP contribution in [0.25, 0.3) is 5.65 Å². The first-order valence-corrected chi connectivity index (χ1v) is 4.88. The minimum atomic E-state index is -0.525. The average Bonchev–Trinajstić information content (AvgIpc) is 2.28. The second-order valence-corrected chi connectivity index (χ2v) is 3.13. The minimum Gasteiger partial charge on any atom is -0.461 e. The van der Waals surface area contributed by atoms with E-state index >= 15 is 0 Å². The second kappa shape index (κ2) is 4.14. The molecule has 0 aromatic carbocycles. The highest BCUT2D eigenvalue weighted by molar-refractivity contribution is 5.88. The van der Waals surface area contributed by atoms with Crippen molar-refractivity contribution in [2.75, 3.05) is 6.61 Å². The number of hydrogen-bond donors (Lipinski definition) is 0. The van der Waals surface area contributed by atoms with Gasteiger partial charge in [0.25, 0.3) is 5.56 Å². The maximum absolute atomic E-state index is 11.6. The van der Waals surface area contributed by atoms with E-state index in [1.807, 2.05) is 0 Å². The molecule has 0 unspecified atom stereocenters. The molecule has 0 saturated carbocycles. The number of nitrogens with zero attached hydrogens (tertiary/aromatic N) is 2. The van der Waals surface area contributed by atoms with E-state index in [0.29, 0.717) is 5.65 Å². The molecule has 16 heavy (non-hydrogen) atoms. The monoisotopic (exact) mass is 218 g/mol. The van der Waals surface area contributed by atoms with Crippen LogP contribution in [0.2, 0.25) is 0 Å². The molecule has 0 bridgehead atoms. The Morgan fingerprint density at radius 2 is 2.31 bits per heavy atom. The van der Waals surface area contributed by atoms with E-state index in [-0.39, 0.29) is 12.3 Å². The van der Waals surface area contributed by atoms with E-state index in [9.17, 15) is 9.59 Å². The third-order valence-corrected chi connectivity index (χ3v) is 2.07. The zero-order chi connectivity index (χ0) is 11.5. The van der Waals surface area contributed by atoms with Crippen molar-refractivity contribution in [3.63, 3.8) is 0 Å². The van der Waals surface area contributed by atoms with Crippen LogP contribution in [-0.4, -0.2) is 22.0 Å². The van der Waals surface area contributed by atoms with Crippen molar-refractivity contribution in [3.05, 3.63) is 46.5 Å². The standard InChI is InChI=1S/C11H10N2O3/c1-2-16-11(15)8-7-10(14)12-9-5-3-4-6-13(8)9/h3-7H,2H2,1H3. The van der Waals surface area contributed by atoms with Gasteiger partial charge in [-0.25, -0.2) is 4.79 Å². The Morgan fingerprint density at radius 1 is 1.50 bits per heavy atom. The zero-order valence-electron chi connectivity index (χ0n) is 8.71. The quantitative estimate of drug-likeness (QED) is 0.702. The summed E-state index contributed by atoms with van der Waals surface area (Å²) in [7, 11) is 0. The summed E-state index contributed by atoms with van der Waals surface area (Å²) in [5, 5.41) is 0. The first-order valence-electron chi connectivity index (χ1n) is 4.88. The number of ether oxygens (including phenoxy) is 1. The Balaban J connectivity index is 2.68. The maximum Gasteiger partial charge on any atom is 0.355 e.